The van der Waals surface area contributed by atoms with Crippen molar-refractivity contribution in [2.45, 2.75) is 58.3 Å². The van der Waals surface area contributed by atoms with E-state index >= 15 is 0 Å². The third kappa shape index (κ3) is 8.30. The molecule has 0 bridgehead atoms. The minimum atomic E-state index is 0.861. The van der Waals surface area contributed by atoms with Crippen LogP contribution in [0.2, 0.25) is 0 Å². The lowest BCUT2D eigenvalue weighted by Crippen LogP contribution is -2.00. The highest BCUT2D eigenvalue weighted by Crippen LogP contribution is 2.07. The van der Waals surface area contributed by atoms with Crippen LogP contribution in [-0.2, 0) is 11.2 Å². The molecule has 1 rings (SSSR count). The normalized spacial score (nSPS) is 10.7. The Hall–Kier alpha value is -0.820. The second kappa shape index (κ2) is 11.3. The molecule has 0 saturated heterocycles. The molecular weight excluding hydrogens is 220 g/mol. The van der Waals surface area contributed by atoms with Crippen molar-refractivity contribution in [1.82, 2.24) is 0 Å². The van der Waals surface area contributed by atoms with Gasteiger partial charge in [-0.05, 0) is 18.4 Å². The highest BCUT2D eigenvalue weighted by atomic mass is 16.5. The van der Waals surface area contributed by atoms with Crippen molar-refractivity contribution in [1.29, 1.82) is 0 Å². The van der Waals surface area contributed by atoms with Gasteiger partial charge in [0.25, 0.3) is 0 Å². The molecule has 18 heavy (non-hydrogen) atoms. The molecule has 1 aromatic rings. The van der Waals surface area contributed by atoms with Crippen molar-refractivity contribution in [2.24, 2.45) is 0 Å². The summed E-state index contributed by atoms with van der Waals surface area (Å²) in [5.74, 6) is 0. The van der Waals surface area contributed by atoms with Gasteiger partial charge in [-0.1, -0.05) is 75.8 Å². The molecule has 0 aliphatic rings. The van der Waals surface area contributed by atoms with Crippen LogP contribution < -0.4 is 0 Å². The molecule has 0 saturated carbocycles. The number of hydrogen-bond donors (Lipinski definition) is 0. The molecule has 1 aromatic carbocycles. The summed E-state index contributed by atoms with van der Waals surface area (Å²) in [6.45, 7) is 4.06. The largest absolute Gasteiger partial charge is 0.381 e. The van der Waals surface area contributed by atoms with Gasteiger partial charge in [-0.25, -0.2) is 0 Å². The summed E-state index contributed by atoms with van der Waals surface area (Å²) >= 11 is 0. The zero-order valence-corrected chi connectivity index (χ0v) is 11.9. The van der Waals surface area contributed by atoms with Crippen LogP contribution in [0.3, 0.4) is 0 Å². The first-order chi connectivity index (χ1) is 8.93. The molecule has 1 nitrogen and oxygen atoms in total. The van der Waals surface area contributed by atoms with Crippen molar-refractivity contribution >= 4 is 0 Å². The monoisotopic (exact) mass is 248 g/mol. The molecule has 0 heterocycles. The van der Waals surface area contributed by atoms with Crippen LogP contribution in [0.5, 0.6) is 0 Å². The van der Waals surface area contributed by atoms with Crippen LogP contribution in [0, 0.1) is 0 Å². The van der Waals surface area contributed by atoms with Crippen molar-refractivity contribution in [3.05, 3.63) is 35.9 Å². The molecule has 0 N–H and O–H groups in total. The Morgan fingerprint density at radius 1 is 0.778 bits per heavy atom. The predicted molar refractivity (Wildman–Crippen MR) is 79.0 cm³/mol. The van der Waals surface area contributed by atoms with E-state index in [1.54, 1.807) is 0 Å². The fourth-order valence-electron chi connectivity index (χ4n) is 2.10. The van der Waals surface area contributed by atoms with Gasteiger partial charge in [-0.2, -0.15) is 0 Å². The SMILES string of the molecule is CCCCCCCCCOCCc1ccccc1. The summed E-state index contributed by atoms with van der Waals surface area (Å²) in [6, 6.07) is 10.6. The number of benzene rings is 1. The van der Waals surface area contributed by atoms with Crippen molar-refractivity contribution in [2.75, 3.05) is 13.2 Å². The van der Waals surface area contributed by atoms with E-state index < -0.39 is 0 Å². The van der Waals surface area contributed by atoms with E-state index in [1.165, 1.54) is 50.5 Å². The van der Waals surface area contributed by atoms with E-state index in [0.29, 0.717) is 0 Å². The van der Waals surface area contributed by atoms with Crippen molar-refractivity contribution in [3.8, 4) is 0 Å². The van der Waals surface area contributed by atoms with Gasteiger partial charge < -0.3 is 4.74 Å². The predicted octanol–water partition coefficient (Wildman–Crippen LogP) is 5.00. The Labute approximate surface area is 113 Å². The van der Waals surface area contributed by atoms with E-state index in [4.69, 9.17) is 4.74 Å². The molecule has 0 atom stereocenters. The van der Waals surface area contributed by atoms with Gasteiger partial charge in [-0.3, -0.25) is 0 Å². The Morgan fingerprint density at radius 2 is 1.44 bits per heavy atom. The summed E-state index contributed by atoms with van der Waals surface area (Å²) in [7, 11) is 0. The van der Waals surface area contributed by atoms with Crippen LogP contribution in [0.15, 0.2) is 30.3 Å². The maximum absolute atomic E-state index is 5.67. The molecule has 0 unspecified atom stereocenters. The summed E-state index contributed by atoms with van der Waals surface area (Å²) < 4.78 is 5.67. The van der Waals surface area contributed by atoms with Gasteiger partial charge >= 0.3 is 0 Å². The molecular formula is C17H28O. The third-order valence-corrected chi connectivity index (χ3v) is 3.27. The smallest absolute Gasteiger partial charge is 0.0506 e. The van der Waals surface area contributed by atoms with E-state index in [9.17, 15) is 0 Å². The van der Waals surface area contributed by atoms with E-state index in [-0.39, 0.29) is 0 Å². The average Bonchev–Trinajstić information content (AvgIpc) is 2.42. The van der Waals surface area contributed by atoms with Crippen LogP contribution >= 0.6 is 0 Å². The third-order valence-electron chi connectivity index (χ3n) is 3.27. The molecule has 102 valence electrons. The topological polar surface area (TPSA) is 9.23 Å². The van der Waals surface area contributed by atoms with Crippen molar-refractivity contribution in [3.63, 3.8) is 0 Å². The first-order valence-corrected chi connectivity index (χ1v) is 7.55. The fourth-order valence-corrected chi connectivity index (χ4v) is 2.10. The first kappa shape index (κ1) is 15.2. The van der Waals surface area contributed by atoms with Gasteiger partial charge in [0.2, 0.25) is 0 Å². The average molecular weight is 248 g/mol. The molecule has 0 aliphatic heterocycles. The lowest BCUT2D eigenvalue weighted by Gasteiger charge is -2.04. The maximum atomic E-state index is 5.67. The zero-order valence-electron chi connectivity index (χ0n) is 11.9. The van der Waals surface area contributed by atoms with Crippen molar-refractivity contribution < 1.29 is 4.74 Å². The molecule has 0 spiro atoms. The summed E-state index contributed by atoms with van der Waals surface area (Å²) in [6.07, 6.45) is 10.5. The lowest BCUT2D eigenvalue weighted by atomic mass is 10.1. The lowest BCUT2D eigenvalue weighted by molar-refractivity contribution is 0.133. The van der Waals surface area contributed by atoms with E-state index in [0.717, 1.165) is 19.6 Å². The van der Waals surface area contributed by atoms with Gasteiger partial charge in [-0.15, -0.1) is 0 Å². The van der Waals surface area contributed by atoms with Crippen LogP contribution in [0.4, 0.5) is 0 Å². The maximum Gasteiger partial charge on any atom is 0.0506 e. The standard InChI is InChI=1S/C17H28O/c1-2-3-4-5-6-7-11-15-18-16-14-17-12-9-8-10-13-17/h8-10,12-13H,2-7,11,14-16H2,1H3. The molecule has 0 amide bonds. The number of rotatable bonds is 11. The second-order valence-electron chi connectivity index (χ2n) is 4.97. The van der Waals surface area contributed by atoms with Gasteiger partial charge in [0.05, 0.1) is 6.61 Å². The van der Waals surface area contributed by atoms with Gasteiger partial charge in [0.15, 0.2) is 0 Å². The molecule has 0 radical (unpaired) electrons. The number of hydrogen-bond acceptors (Lipinski definition) is 1. The quantitative estimate of drug-likeness (QED) is 0.501. The summed E-state index contributed by atoms with van der Waals surface area (Å²) in [5.41, 5.74) is 1.37. The minimum Gasteiger partial charge on any atom is -0.381 e. The van der Waals surface area contributed by atoms with Gasteiger partial charge in [0.1, 0.15) is 0 Å². The van der Waals surface area contributed by atoms with E-state index in [1.807, 2.05) is 0 Å². The highest BCUT2D eigenvalue weighted by molar-refractivity contribution is 5.14. The Morgan fingerprint density at radius 3 is 2.17 bits per heavy atom. The van der Waals surface area contributed by atoms with Crippen LogP contribution in [0.25, 0.3) is 0 Å². The van der Waals surface area contributed by atoms with Crippen LogP contribution in [-0.4, -0.2) is 13.2 Å². The Kier molecular flexibility index (Phi) is 9.55. The van der Waals surface area contributed by atoms with Crippen LogP contribution in [0.1, 0.15) is 57.4 Å². The summed E-state index contributed by atoms with van der Waals surface area (Å²) in [5, 5.41) is 0. The van der Waals surface area contributed by atoms with Gasteiger partial charge in [0, 0.05) is 6.61 Å². The Balaban J connectivity index is 1.82. The van der Waals surface area contributed by atoms with E-state index in [2.05, 4.69) is 37.3 Å². The number of unbranched alkanes of at least 4 members (excludes halogenated alkanes) is 6. The molecule has 1 heteroatoms. The highest BCUT2D eigenvalue weighted by Gasteiger charge is 1.93. The second-order valence-corrected chi connectivity index (χ2v) is 4.97. The molecule has 0 aromatic heterocycles. The molecule has 0 fully saturated rings. The summed E-state index contributed by atoms with van der Waals surface area (Å²) in [4.78, 5) is 0. The Bertz CT molecular complexity index is 268. The fraction of sp³-hybridized carbons (Fsp3) is 0.647. The molecule has 0 aliphatic carbocycles. The number of ether oxygens (including phenoxy) is 1. The first-order valence-electron chi connectivity index (χ1n) is 7.55. The minimum absolute atomic E-state index is 0.861. The zero-order chi connectivity index (χ0) is 12.9.